The Morgan fingerprint density at radius 2 is 1.82 bits per heavy atom. The first kappa shape index (κ1) is 19.2. The van der Waals surface area contributed by atoms with Crippen LogP contribution in [-0.4, -0.2) is 29.8 Å². The Kier molecular flexibility index (Phi) is 5.54. The van der Waals surface area contributed by atoms with Crippen LogP contribution < -0.4 is 5.32 Å². The Morgan fingerprint density at radius 3 is 2.54 bits per heavy atom. The number of hydrogen-bond donors (Lipinski definition) is 1. The molecule has 2 aliphatic rings. The van der Waals surface area contributed by atoms with Crippen LogP contribution in [0.2, 0.25) is 0 Å². The number of benzene rings is 1. The number of thiophene rings is 1. The van der Waals surface area contributed by atoms with Crippen molar-refractivity contribution in [3.8, 4) is 0 Å². The number of anilines is 1. The van der Waals surface area contributed by atoms with Gasteiger partial charge in [-0.15, -0.1) is 11.3 Å². The lowest BCUT2D eigenvalue weighted by Gasteiger charge is -2.28. The first-order chi connectivity index (χ1) is 13.5. The average Bonchev–Trinajstić information content (AvgIpc) is 3.05. The van der Waals surface area contributed by atoms with Crippen LogP contribution >= 0.6 is 11.3 Å². The van der Waals surface area contributed by atoms with Gasteiger partial charge in [-0.1, -0.05) is 24.6 Å². The summed E-state index contributed by atoms with van der Waals surface area (Å²) in [6.45, 7) is 5.92. The quantitative estimate of drug-likeness (QED) is 0.788. The van der Waals surface area contributed by atoms with Crippen molar-refractivity contribution < 1.29 is 9.59 Å². The van der Waals surface area contributed by atoms with E-state index in [2.05, 4.69) is 12.2 Å². The Labute approximate surface area is 170 Å². The molecule has 28 heavy (non-hydrogen) atoms. The summed E-state index contributed by atoms with van der Waals surface area (Å²) >= 11 is 1.60. The summed E-state index contributed by atoms with van der Waals surface area (Å²) in [6.07, 6.45) is 6.37. The number of aryl methyl sites for hydroxylation is 1. The normalized spacial score (nSPS) is 19.2. The van der Waals surface area contributed by atoms with Gasteiger partial charge in [0.25, 0.3) is 11.8 Å². The highest BCUT2D eigenvalue weighted by atomic mass is 32.1. The van der Waals surface area contributed by atoms with Gasteiger partial charge < -0.3 is 10.2 Å². The molecule has 1 aromatic heterocycles. The zero-order chi connectivity index (χ0) is 19.7. The minimum atomic E-state index is -0.140. The molecule has 1 aliphatic carbocycles. The summed E-state index contributed by atoms with van der Waals surface area (Å²) in [4.78, 5) is 29.5. The summed E-state index contributed by atoms with van der Waals surface area (Å²) in [5.41, 5.74) is 3.69. The van der Waals surface area contributed by atoms with Crippen molar-refractivity contribution in [2.75, 3.05) is 18.4 Å². The van der Waals surface area contributed by atoms with Crippen molar-refractivity contribution in [1.82, 2.24) is 4.90 Å². The molecule has 2 aromatic rings. The number of likely N-dealkylation sites (tertiary alicyclic amines) is 1. The highest BCUT2D eigenvalue weighted by molar-refractivity contribution is 7.17. The minimum absolute atomic E-state index is 0.103. The van der Waals surface area contributed by atoms with Gasteiger partial charge in [0.05, 0.1) is 5.56 Å². The van der Waals surface area contributed by atoms with Gasteiger partial charge in [0.15, 0.2) is 0 Å². The maximum absolute atomic E-state index is 13.4. The summed E-state index contributed by atoms with van der Waals surface area (Å²) in [7, 11) is 0. The number of piperidine rings is 1. The smallest absolute Gasteiger partial charge is 0.257 e. The number of amides is 2. The van der Waals surface area contributed by atoms with E-state index in [9.17, 15) is 9.59 Å². The summed E-state index contributed by atoms with van der Waals surface area (Å²) < 4.78 is 0. The number of carbonyl (C=O) groups excluding carboxylic acids is 2. The molecule has 4 rings (SSSR count). The molecule has 1 fully saturated rings. The number of nitrogens with zero attached hydrogens (tertiary/aromatic N) is 1. The van der Waals surface area contributed by atoms with Crippen molar-refractivity contribution >= 4 is 28.2 Å². The van der Waals surface area contributed by atoms with E-state index in [0.29, 0.717) is 11.5 Å². The van der Waals surface area contributed by atoms with Crippen molar-refractivity contribution in [2.24, 2.45) is 5.92 Å². The lowest BCUT2D eigenvalue weighted by Crippen LogP contribution is -2.36. The molecule has 1 aromatic carbocycles. The molecule has 0 radical (unpaired) electrons. The third kappa shape index (κ3) is 3.86. The second-order valence-corrected chi connectivity index (χ2v) is 9.33. The van der Waals surface area contributed by atoms with Crippen LogP contribution in [0.4, 0.5) is 5.00 Å². The fourth-order valence-corrected chi connectivity index (χ4v) is 5.60. The molecule has 148 valence electrons. The fraction of sp³-hybridized carbons (Fsp3) is 0.478. The third-order valence-corrected chi connectivity index (χ3v) is 7.08. The van der Waals surface area contributed by atoms with Crippen LogP contribution in [0.15, 0.2) is 24.3 Å². The van der Waals surface area contributed by atoms with Gasteiger partial charge in [-0.25, -0.2) is 0 Å². The summed E-state index contributed by atoms with van der Waals surface area (Å²) in [5, 5.41) is 3.81. The first-order valence-electron chi connectivity index (χ1n) is 10.3. The van der Waals surface area contributed by atoms with Crippen LogP contribution in [0.3, 0.4) is 0 Å². The Morgan fingerprint density at radius 1 is 1.11 bits per heavy atom. The zero-order valence-electron chi connectivity index (χ0n) is 16.7. The van der Waals surface area contributed by atoms with Gasteiger partial charge in [-0.3, -0.25) is 9.59 Å². The molecule has 0 unspecified atom stereocenters. The number of hydrogen-bond acceptors (Lipinski definition) is 3. The topological polar surface area (TPSA) is 49.4 Å². The molecule has 2 amide bonds. The lowest BCUT2D eigenvalue weighted by atomic mass is 9.88. The van der Waals surface area contributed by atoms with Crippen molar-refractivity contribution in [3.63, 3.8) is 0 Å². The van der Waals surface area contributed by atoms with Crippen molar-refractivity contribution in [2.45, 2.75) is 52.4 Å². The molecule has 1 N–H and O–H groups in total. The highest BCUT2D eigenvalue weighted by Gasteiger charge is 2.31. The molecule has 2 heterocycles. The van der Waals surface area contributed by atoms with E-state index in [0.717, 1.165) is 61.3 Å². The lowest BCUT2D eigenvalue weighted by molar-refractivity contribution is 0.0724. The van der Waals surface area contributed by atoms with Gasteiger partial charge in [0.2, 0.25) is 0 Å². The molecule has 0 spiro atoms. The molecule has 1 atom stereocenters. The largest absolute Gasteiger partial charge is 0.339 e. The SMILES string of the molecule is Cc1ccc(C(=O)Nc2sc3c(c2C(=O)N2CCCCC2)CC[C@@H](C)C3)cc1. The molecule has 1 saturated heterocycles. The second kappa shape index (κ2) is 8.08. The van der Waals surface area contributed by atoms with Crippen LogP contribution in [-0.2, 0) is 12.8 Å². The Hall–Kier alpha value is -2.14. The van der Waals surface area contributed by atoms with Crippen molar-refractivity contribution in [3.05, 3.63) is 51.4 Å². The number of carbonyl (C=O) groups is 2. The molecular formula is C23H28N2O2S. The van der Waals surface area contributed by atoms with Crippen LogP contribution in [0.1, 0.15) is 69.3 Å². The molecule has 0 saturated carbocycles. The van der Waals surface area contributed by atoms with E-state index in [1.54, 1.807) is 11.3 Å². The summed E-state index contributed by atoms with van der Waals surface area (Å²) in [5.74, 6) is 0.593. The standard InChI is InChI=1S/C23H28N2O2S/c1-15-6-9-17(10-7-15)21(26)24-22-20(23(27)25-12-4-3-5-13-25)18-11-8-16(2)14-19(18)28-22/h6-7,9-10,16H,3-5,8,11-14H2,1-2H3,(H,24,26)/t16-/m1/s1. The van der Waals surface area contributed by atoms with E-state index in [4.69, 9.17) is 0 Å². The van der Waals surface area contributed by atoms with Gasteiger partial charge in [-0.05, 0) is 69.1 Å². The third-order valence-electron chi connectivity index (χ3n) is 5.91. The Balaban J connectivity index is 1.66. The molecule has 0 bridgehead atoms. The van der Waals surface area contributed by atoms with Crippen LogP contribution in [0.5, 0.6) is 0 Å². The van der Waals surface area contributed by atoms with Crippen LogP contribution in [0, 0.1) is 12.8 Å². The van der Waals surface area contributed by atoms with Gasteiger partial charge in [0.1, 0.15) is 5.00 Å². The second-order valence-electron chi connectivity index (χ2n) is 8.23. The summed E-state index contributed by atoms with van der Waals surface area (Å²) in [6, 6.07) is 7.56. The van der Waals surface area contributed by atoms with E-state index in [1.807, 2.05) is 36.1 Å². The van der Waals surface area contributed by atoms with E-state index < -0.39 is 0 Å². The van der Waals surface area contributed by atoms with Crippen molar-refractivity contribution in [1.29, 1.82) is 0 Å². The maximum Gasteiger partial charge on any atom is 0.257 e. The highest BCUT2D eigenvalue weighted by Crippen LogP contribution is 2.40. The predicted octanol–water partition coefficient (Wildman–Crippen LogP) is 5.06. The van der Waals surface area contributed by atoms with Gasteiger partial charge >= 0.3 is 0 Å². The number of nitrogens with one attached hydrogen (secondary N) is 1. The fourth-order valence-electron chi connectivity index (χ4n) is 4.20. The number of rotatable bonds is 3. The maximum atomic E-state index is 13.4. The van der Waals surface area contributed by atoms with E-state index in [1.165, 1.54) is 16.9 Å². The Bertz CT molecular complexity index is 879. The van der Waals surface area contributed by atoms with Gasteiger partial charge in [-0.2, -0.15) is 0 Å². The monoisotopic (exact) mass is 396 g/mol. The van der Waals surface area contributed by atoms with Crippen LogP contribution in [0.25, 0.3) is 0 Å². The predicted molar refractivity (Wildman–Crippen MR) is 114 cm³/mol. The van der Waals surface area contributed by atoms with E-state index in [-0.39, 0.29) is 11.8 Å². The zero-order valence-corrected chi connectivity index (χ0v) is 17.5. The van der Waals surface area contributed by atoms with Gasteiger partial charge in [0, 0.05) is 23.5 Å². The minimum Gasteiger partial charge on any atom is -0.339 e. The molecule has 4 nitrogen and oxygen atoms in total. The molecule has 5 heteroatoms. The number of fused-ring (bicyclic) bond motifs is 1. The average molecular weight is 397 g/mol. The first-order valence-corrected chi connectivity index (χ1v) is 11.2. The molecule has 1 aliphatic heterocycles. The van der Waals surface area contributed by atoms with E-state index >= 15 is 0 Å². The molecular weight excluding hydrogens is 368 g/mol.